The number of ether oxygens (including phenoxy) is 1. The van der Waals surface area contributed by atoms with Crippen molar-refractivity contribution in [3.05, 3.63) is 82.5 Å². The Balaban J connectivity index is 1.52. The third-order valence-electron chi connectivity index (χ3n) is 4.80. The van der Waals surface area contributed by atoms with Gasteiger partial charge in [-0.25, -0.2) is 0 Å². The minimum Gasteiger partial charge on any atom is -0.480 e. The lowest BCUT2D eigenvalue weighted by atomic mass is 10.2. The van der Waals surface area contributed by atoms with Crippen molar-refractivity contribution in [2.45, 2.75) is 0 Å². The van der Waals surface area contributed by atoms with Gasteiger partial charge in [0, 0.05) is 35.2 Å². The molecule has 0 atom stereocenters. The number of aromatic nitrogens is 1. The van der Waals surface area contributed by atoms with Crippen molar-refractivity contribution < 1.29 is 24.2 Å². The molecule has 0 unspecified atom stereocenters. The van der Waals surface area contributed by atoms with Gasteiger partial charge in [0.25, 0.3) is 11.8 Å². The van der Waals surface area contributed by atoms with E-state index in [4.69, 9.17) is 4.74 Å². The van der Waals surface area contributed by atoms with Crippen molar-refractivity contribution in [1.82, 2.24) is 4.98 Å². The molecular formula is C24H19N3O5S. The molecule has 1 aliphatic rings. The minimum atomic E-state index is -1.12. The smallest absolute Gasteiger partial charge is 0.323 e. The Labute approximate surface area is 193 Å². The zero-order valence-electron chi connectivity index (χ0n) is 17.5. The van der Waals surface area contributed by atoms with E-state index in [0.717, 1.165) is 9.75 Å². The van der Waals surface area contributed by atoms with E-state index in [-0.39, 0.29) is 11.7 Å². The van der Waals surface area contributed by atoms with Crippen molar-refractivity contribution >= 4 is 52.6 Å². The number of carboxylic acid groups (broad SMARTS) is 1. The summed E-state index contributed by atoms with van der Waals surface area (Å²) in [5.74, 6) is -1.42. The van der Waals surface area contributed by atoms with Gasteiger partial charge in [-0.2, -0.15) is 0 Å². The van der Waals surface area contributed by atoms with E-state index in [1.165, 1.54) is 27.2 Å². The molecule has 1 aromatic carbocycles. The molecule has 33 heavy (non-hydrogen) atoms. The highest BCUT2D eigenvalue weighted by atomic mass is 32.1. The second-order valence-electron chi connectivity index (χ2n) is 7.05. The van der Waals surface area contributed by atoms with Gasteiger partial charge in [0.05, 0.1) is 17.6 Å². The van der Waals surface area contributed by atoms with Gasteiger partial charge in [-0.15, -0.1) is 11.3 Å². The van der Waals surface area contributed by atoms with Crippen molar-refractivity contribution in [3.63, 3.8) is 0 Å². The normalized spacial score (nSPS) is 14.3. The number of anilines is 2. The van der Waals surface area contributed by atoms with Crippen LogP contribution in [0.2, 0.25) is 0 Å². The summed E-state index contributed by atoms with van der Waals surface area (Å²) in [4.78, 5) is 44.7. The molecule has 166 valence electrons. The quantitative estimate of drug-likeness (QED) is 0.563. The zero-order chi connectivity index (χ0) is 23.4. The standard InChI is InChI=1S/C24H19N3O5S/c1-26(16-5-4-12-25-14-16)22(28)11-10-17-8-9-18(33-17)13-21-24(31)27(15-23(29)30)19-6-2-3-7-20(19)32-21/h2-14H,15H2,1H3,(H,29,30)/b11-10+,21-13-. The van der Waals surface area contributed by atoms with Crippen LogP contribution in [0.5, 0.6) is 5.75 Å². The van der Waals surface area contributed by atoms with E-state index in [1.54, 1.807) is 74.1 Å². The van der Waals surface area contributed by atoms with Gasteiger partial charge in [0.2, 0.25) is 0 Å². The van der Waals surface area contributed by atoms with Crippen LogP contribution in [0, 0.1) is 0 Å². The SMILES string of the molecule is CN(C(=O)/C=C/c1ccc(/C=C2\Oc3ccccc3N(CC(=O)O)C2=O)s1)c1cccnc1. The number of pyridine rings is 1. The first-order valence-corrected chi connectivity index (χ1v) is 10.7. The van der Waals surface area contributed by atoms with Crippen LogP contribution < -0.4 is 14.5 Å². The summed E-state index contributed by atoms with van der Waals surface area (Å²) in [6, 6.07) is 13.9. The molecule has 3 aromatic rings. The highest BCUT2D eigenvalue weighted by Crippen LogP contribution is 2.36. The van der Waals surface area contributed by atoms with Crippen LogP contribution in [0.1, 0.15) is 9.75 Å². The third-order valence-corrected chi connectivity index (χ3v) is 5.80. The van der Waals surface area contributed by atoms with Crippen LogP contribution in [-0.4, -0.2) is 41.5 Å². The highest BCUT2D eigenvalue weighted by molar-refractivity contribution is 7.13. The molecule has 3 heterocycles. The van der Waals surface area contributed by atoms with E-state index >= 15 is 0 Å². The number of thiophene rings is 1. The lowest BCUT2D eigenvalue weighted by Crippen LogP contribution is -2.40. The molecule has 1 N–H and O–H groups in total. The van der Waals surface area contributed by atoms with Gasteiger partial charge < -0.3 is 14.7 Å². The predicted molar refractivity (Wildman–Crippen MR) is 126 cm³/mol. The molecular weight excluding hydrogens is 442 g/mol. The number of amides is 2. The number of para-hydroxylation sites is 2. The Morgan fingerprint density at radius 3 is 2.70 bits per heavy atom. The van der Waals surface area contributed by atoms with E-state index in [2.05, 4.69) is 4.98 Å². The molecule has 0 saturated carbocycles. The Hall–Kier alpha value is -4.24. The number of likely N-dealkylation sites (N-methyl/N-ethyl adjacent to an activating group) is 1. The molecule has 0 spiro atoms. The Morgan fingerprint density at radius 1 is 1.15 bits per heavy atom. The van der Waals surface area contributed by atoms with Gasteiger partial charge in [-0.3, -0.25) is 24.3 Å². The van der Waals surface area contributed by atoms with E-state index in [0.29, 0.717) is 17.1 Å². The topological polar surface area (TPSA) is 100 Å². The molecule has 1 aliphatic heterocycles. The fourth-order valence-corrected chi connectivity index (χ4v) is 4.01. The number of carboxylic acids is 1. The maximum absolute atomic E-state index is 12.9. The zero-order valence-corrected chi connectivity index (χ0v) is 18.4. The number of carbonyl (C=O) groups excluding carboxylic acids is 2. The number of aliphatic carboxylic acids is 1. The van der Waals surface area contributed by atoms with Crippen molar-refractivity contribution in [3.8, 4) is 5.75 Å². The fourth-order valence-electron chi connectivity index (χ4n) is 3.16. The molecule has 2 aromatic heterocycles. The van der Waals surface area contributed by atoms with Crippen molar-refractivity contribution in [1.29, 1.82) is 0 Å². The summed E-state index contributed by atoms with van der Waals surface area (Å²) in [6.45, 7) is -0.471. The number of hydrogen-bond acceptors (Lipinski definition) is 6. The van der Waals surface area contributed by atoms with Gasteiger partial charge in [-0.05, 0) is 42.5 Å². The molecule has 0 saturated heterocycles. The first-order chi connectivity index (χ1) is 15.9. The number of rotatable bonds is 6. The number of fused-ring (bicyclic) bond motifs is 1. The molecule has 4 rings (SSSR count). The summed E-state index contributed by atoms with van der Waals surface area (Å²) in [6.07, 6.45) is 7.97. The molecule has 0 aliphatic carbocycles. The lowest BCUT2D eigenvalue weighted by Gasteiger charge is -2.29. The summed E-state index contributed by atoms with van der Waals surface area (Å²) in [7, 11) is 1.67. The van der Waals surface area contributed by atoms with Crippen molar-refractivity contribution in [2.24, 2.45) is 0 Å². The molecule has 0 radical (unpaired) electrons. The van der Waals surface area contributed by atoms with Crippen molar-refractivity contribution in [2.75, 3.05) is 23.4 Å². The second-order valence-corrected chi connectivity index (χ2v) is 8.19. The van der Waals surface area contributed by atoms with Gasteiger partial charge >= 0.3 is 5.97 Å². The van der Waals surface area contributed by atoms with E-state index in [9.17, 15) is 19.5 Å². The summed E-state index contributed by atoms with van der Waals surface area (Å²) >= 11 is 1.36. The monoisotopic (exact) mass is 461 g/mol. The molecule has 2 amide bonds. The summed E-state index contributed by atoms with van der Waals surface area (Å²) < 4.78 is 5.75. The maximum atomic E-state index is 12.9. The lowest BCUT2D eigenvalue weighted by molar-refractivity contribution is -0.136. The number of nitrogens with zero attached hydrogens (tertiary/aromatic N) is 3. The van der Waals surface area contributed by atoms with E-state index in [1.807, 2.05) is 6.07 Å². The average Bonchev–Trinajstić information content (AvgIpc) is 3.27. The minimum absolute atomic E-state index is 0.0275. The van der Waals surface area contributed by atoms with Crippen LogP contribution in [0.4, 0.5) is 11.4 Å². The molecule has 0 bridgehead atoms. The summed E-state index contributed by atoms with van der Waals surface area (Å²) in [5.41, 5.74) is 1.09. The predicted octanol–water partition coefficient (Wildman–Crippen LogP) is 3.67. The number of benzene rings is 1. The van der Waals surface area contributed by atoms with Gasteiger partial charge in [0.15, 0.2) is 11.5 Å². The molecule has 8 nitrogen and oxygen atoms in total. The Bertz CT molecular complexity index is 1270. The van der Waals surface area contributed by atoms with Crippen LogP contribution in [0.15, 0.2) is 72.8 Å². The fraction of sp³-hybridized carbons (Fsp3) is 0.0833. The van der Waals surface area contributed by atoms with Gasteiger partial charge in [-0.1, -0.05) is 12.1 Å². The number of carbonyl (C=O) groups is 3. The first kappa shape index (κ1) is 22.0. The van der Waals surface area contributed by atoms with Crippen LogP contribution in [0.25, 0.3) is 12.2 Å². The highest BCUT2D eigenvalue weighted by Gasteiger charge is 2.31. The molecule has 0 fully saturated rings. The first-order valence-electron chi connectivity index (χ1n) is 9.90. The summed E-state index contributed by atoms with van der Waals surface area (Å²) in [5, 5.41) is 9.21. The third kappa shape index (κ3) is 4.99. The Kier molecular flexibility index (Phi) is 6.32. The number of hydrogen-bond donors (Lipinski definition) is 1. The second kappa shape index (κ2) is 9.49. The van der Waals surface area contributed by atoms with Crippen LogP contribution in [0.3, 0.4) is 0 Å². The largest absolute Gasteiger partial charge is 0.480 e. The molecule has 9 heteroatoms. The van der Waals surface area contributed by atoms with Crippen LogP contribution in [-0.2, 0) is 14.4 Å². The van der Waals surface area contributed by atoms with E-state index < -0.39 is 18.4 Å². The average molecular weight is 461 g/mol. The van der Waals surface area contributed by atoms with Gasteiger partial charge in [0.1, 0.15) is 6.54 Å². The van der Waals surface area contributed by atoms with Crippen LogP contribution >= 0.6 is 11.3 Å². The maximum Gasteiger partial charge on any atom is 0.323 e. The Morgan fingerprint density at radius 2 is 1.94 bits per heavy atom.